The summed E-state index contributed by atoms with van der Waals surface area (Å²) in [5.41, 5.74) is 3.89. The Kier molecular flexibility index (Phi) is 4.15. The minimum atomic E-state index is -0.148. The SMILES string of the molecule is Cc1ccc(C2CCCN2C(=O)Cn2c(=O)n(C)c3ccccc32)cc1. The van der Waals surface area contributed by atoms with Crippen LogP contribution in [0.15, 0.2) is 53.3 Å². The quantitative estimate of drug-likeness (QED) is 0.730. The van der Waals surface area contributed by atoms with Gasteiger partial charge in [0, 0.05) is 13.6 Å². The maximum atomic E-state index is 13.0. The summed E-state index contributed by atoms with van der Waals surface area (Å²) in [7, 11) is 1.75. The molecule has 2 aromatic carbocycles. The molecule has 0 spiro atoms. The van der Waals surface area contributed by atoms with Gasteiger partial charge in [-0.1, -0.05) is 42.0 Å². The second kappa shape index (κ2) is 6.48. The molecule has 5 nitrogen and oxygen atoms in total. The number of hydrogen-bond donors (Lipinski definition) is 0. The van der Waals surface area contributed by atoms with Crippen LogP contribution in [0.1, 0.15) is 30.0 Å². The summed E-state index contributed by atoms with van der Waals surface area (Å²) >= 11 is 0. The molecule has 134 valence electrons. The van der Waals surface area contributed by atoms with E-state index in [2.05, 4.69) is 31.2 Å². The first-order chi connectivity index (χ1) is 12.6. The zero-order valence-corrected chi connectivity index (χ0v) is 15.2. The third-order valence-corrected chi connectivity index (χ3v) is 5.38. The predicted molar refractivity (Wildman–Crippen MR) is 102 cm³/mol. The number of amides is 1. The zero-order chi connectivity index (χ0) is 18.3. The topological polar surface area (TPSA) is 47.2 Å². The van der Waals surface area contributed by atoms with Crippen molar-refractivity contribution in [3.05, 3.63) is 70.1 Å². The van der Waals surface area contributed by atoms with Crippen molar-refractivity contribution in [1.29, 1.82) is 0 Å². The standard InChI is InChI=1S/C21H23N3O2/c1-15-9-11-16(12-10-15)17-8-5-13-23(17)20(25)14-24-19-7-4-3-6-18(19)22(2)21(24)26/h3-4,6-7,9-12,17H,5,8,13-14H2,1-2H3. The Morgan fingerprint density at radius 2 is 1.77 bits per heavy atom. The van der Waals surface area contributed by atoms with Gasteiger partial charge in [-0.25, -0.2) is 4.79 Å². The first kappa shape index (κ1) is 16.6. The summed E-state index contributed by atoms with van der Waals surface area (Å²) in [5.74, 6) is 0.00604. The maximum absolute atomic E-state index is 13.0. The van der Waals surface area contributed by atoms with Crippen molar-refractivity contribution in [2.45, 2.75) is 32.4 Å². The third kappa shape index (κ3) is 2.73. The van der Waals surface area contributed by atoms with Crippen molar-refractivity contribution in [3.8, 4) is 0 Å². The van der Waals surface area contributed by atoms with E-state index in [1.807, 2.05) is 29.2 Å². The minimum absolute atomic E-state index is 0.00604. The fourth-order valence-electron chi connectivity index (χ4n) is 3.94. The van der Waals surface area contributed by atoms with Gasteiger partial charge in [0.05, 0.1) is 17.1 Å². The van der Waals surface area contributed by atoms with Crippen molar-refractivity contribution < 1.29 is 4.79 Å². The summed E-state index contributed by atoms with van der Waals surface area (Å²) in [6.45, 7) is 2.90. The van der Waals surface area contributed by atoms with E-state index < -0.39 is 0 Å². The van der Waals surface area contributed by atoms with Gasteiger partial charge in [0.2, 0.25) is 5.91 Å². The van der Waals surface area contributed by atoms with E-state index in [1.165, 1.54) is 11.1 Å². The number of carbonyl (C=O) groups excluding carboxylic acids is 1. The van der Waals surface area contributed by atoms with E-state index >= 15 is 0 Å². The second-order valence-corrected chi connectivity index (χ2v) is 7.07. The molecule has 1 atom stereocenters. The fraction of sp³-hybridized carbons (Fsp3) is 0.333. The highest BCUT2D eigenvalue weighted by Crippen LogP contribution is 2.32. The van der Waals surface area contributed by atoms with Gasteiger partial charge in [-0.3, -0.25) is 13.9 Å². The second-order valence-electron chi connectivity index (χ2n) is 7.07. The van der Waals surface area contributed by atoms with Crippen LogP contribution >= 0.6 is 0 Å². The highest BCUT2D eigenvalue weighted by atomic mass is 16.2. The van der Waals surface area contributed by atoms with E-state index in [9.17, 15) is 9.59 Å². The van der Waals surface area contributed by atoms with Gasteiger partial charge < -0.3 is 4.90 Å². The Bertz CT molecular complexity index is 1010. The molecule has 4 rings (SSSR count). The molecule has 26 heavy (non-hydrogen) atoms. The Labute approximate surface area is 152 Å². The number of aryl methyl sites for hydroxylation is 2. The highest BCUT2D eigenvalue weighted by molar-refractivity contribution is 5.81. The van der Waals surface area contributed by atoms with Crippen LogP contribution in [0, 0.1) is 6.92 Å². The number of benzene rings is 2. The van der Waals surface area contributed by atoms with Crippen molar-refractivity contribution >= 4 is 16.9 Å². The number of hydrogen-bond acceptors (Lipinski definition) is 2. The molecule has 3 aromatic rings. The van der Waals surface area contributed by atoms with Gasteiger partial charge in [-0.2, -0.15) is 0 Å². The Balaban J connectivity index is 1.63. The van der Waals surface area contributed by atoms with Gasteiger partial charge in [0.25, 0.3) is 0 Å². The lowest BCUT2D eigenvalue weighted by molar-refractivity contribution is -0.132. The Hall–Kier alpha value is -2.82. The molecule has 0 N–H and O–H groups in total. The van der Waals surface area contributed by atoms with E-state index in [0.717, 1.165) is 30.4 Å². The number of fused-ring (bicyclic) bond motifs is 1. The molecule has 1 aromatic heterocycles. The molecule has 0 bridgehead atoms. The summed E-state index contributed by atoms with van der Waals surface area (Å²) in [4.78, 5) is 27.5. The molecule has 0 saturated carbocycles. The molecule has 0 radical (unpaired) electrons. The van der Waals surface area contributed by atoms with Crippen LogP contribution in [-0.2, 0) is 18.4 Å². The first-order valence-corrected chi connectivity index (χ1v) is 9.06. The summed E-state index contributed by atoms with van der Waals surface area (Å²) in [6, 6.07) is 16.1. The van der Waals surface area contributed by atoms with Crippen molar-refractivity contribution in [1.82, 2.24) is 14.0 Å². The Morgan fingerprint density at radius 3 is 2.50 bits per heavy atom. The lowest BCUT2D eigenvalue weighted by atomic mass is 10.0. The van der Waals surface area contributed by atoms with Crippen LogP contribution in [0.3, 0.4) is 0 Å². The molecule has 1 fully saturated rings. The first-order valence-electron chi connectivity index (χ1n) is 9.06. The van der Waals surface area contributed by atoms with Crippen LogP contribution in [0.2, 0.25) is 0 Å². The summed E-state index contributed by atoms with van der Waals surface area (Å²) in [5, 5.41) is 0. The number of imidazole rings is 1. The number of para-hydroxylation sites is 2. The lowest BCUT2D eigenvalue weighted by Crippen LogP contribution is -2.36. The number of aromatic nitrogens is 2. The molecule has 2 heterocycles. The average Bonchev–Trinajstić information content (AvgIpc) is 3.23. The summed E-state index contributed by atoms with van der Waals surface area (Å²) in [6.07, 6.45) is 1.97. The maximum Gasteiger partial charge on any atom is 0.329 e. The van der Waals surface area contributed by atoms with Crippen molar-refractivity contribution in [3.63, 3.8) is 0 Å². The molecule has 1 amide bonds. The zero-order valence-electron chi connectivity index (χ0n) is 15.2. The van der Waals surface area contributed by atoms with E-state index in [4.69, 9.17) is 0 Å². The number of nitrogens with zero attached hydrogens (tertiary/aromatic N) is 3. The molecule has 1 saturated heterocycles. The number of rotatable bonds is 3. The highest BCUT2D eigenvalue weighted by Gasteiger charge is 2.30. The van der Waals surface area contributed by atoms with Gasteiger partial charge in [0.15, 0.2) is 0 Å². The fourth-order valence-corrected chi connectivity index (χ4v) is 3.94. The van der Waals surface area contributed by atoms with Gasteiger partial charge >= 0.3 is 5.69 Å². The number of likely N-dealkylation sites (tertiary alicyclic amines) is 1. The molecule has 1 aliphatic heterocycles. The van der Waals surface area contributed by atoms with Gasteiger partial charge in [-0.15, -0.1) is 0 Å². The molecule has 1 unspecified atom stereocenters. The molecule has 1 aliphatic rings. The Morgan fingerprint density at radius 1 is 1.08 bits per heavy atom. The van der Waals surface area contributed by atoms with E-state index in [1.54, 1.807) is 16.2 Å². The van der Waals surface area contributed by atoms with Crippen LogP contribution in [0.5, 0.6) is 0 Å². The summed E-state index contributed by atoms with van der Waals surface area (Å²) < 4.78 is 3.19. The van der Waals surface area contributed by atoms with Crippen LogP contribution in [-0.4, -0.2) is 26.5 Å². The average molecular weight is 349 g/mol. The number of carbonyl (C=O) groups is 1. The normalized spacial score (nSPS) is 17.2. The molecular weight excluding hydrogens is 326 g/mol. The smallest absolute Gasteiger partial charge is 0.329 e. The van der Waals surface area contributed by atoms with Crippen molar-refractivity contribution in [2.75, 3.05) is 6.54 Å². The molecular formula is C21H23N3O2. The van der Waals surface area contributed by atoms with Crippen LogP contribution in [0.25, 0.3) is 11.0 Å². The largest absolute Gasteiger partial charge is 0.334 e. The van der Waals surface area contributed by atoms with Crippen LogP contribution in [0.4, 0.5) is 0 Å². The lowest BCUT2D eigenvalue weighted by Gasteiger charge is -2.25. The van der Waals surface area contributed by atoms with Crippen LogP contribution < -0.4 is 5.69 Å². The molecule has 5 heteroatoms. The monoisotopic (exact) mass is 349 g/mol. The molecule has 0 aliphatic carbocycles. The van der Waals surface area contributed by atoms with Gasteiger partial charge in [0.1, 0.15) is 6.54 Å². The third-order valence-electron chi connectivity index (χ3n) is 5.38. The van der Waals surface area contributed by atoms with E-state index in [0.29, 0.717) is 0 Å². The van der Waals surface area contributed by atoms with E-state index in [-0.39, 0.29) is 24.2 Å². The minimum Gasteiger partial charge on any atom is -0.334 e. The van der Waals surface area contributed by atoms with Crippen molar-refractivity contribution in [2.24, 2.45) is 7.05 Å². The predicted octanol–water partition coefficient (Wildman–Crippen LogP) is 3.01. The van der Waals surface area contributed by atoms with Gasteiger partial charge in [-0.05, 0) is 37.5 Å².